The number of halogens is 1. The van der Waals surface area contributed by atoms with Crippen LogP contribution < -0.4 is 14.4 Å². The second-order valence-corrected chi connectivity index (χ2v) is 10.8. The molecule has 0 radical (unpaired) electrons. The van der Waals surface area contributed by atoms with Gasteiger partial charge in [0.25, 0.3) is 0 Å². The number of rotatable bonds is 8. The molecule has 0 aliphatic carbocycles. The first-order valence-electron chi connectivity index (χ1n) is 14.0. The molecule has 3 aromatic carbocycles. The van der Waals surface area contributed by atoms with E-state index in [1.165, 1.54) is 5.57 Å². The van der Waals surface area contributed by atoms with Crippen LogP contribution in [-0.2, 0) is 0 Å². The van der Waals surface area contributed by atoms with Crippen molar-refractivity contribution in [2.45, 2.75) is 52.5 Å². The number of piperazine rings is 1. The number of methoxy groups -OCH3 is 1. The topological polar surface area (TPSA) is 24.9 Å². The van der Waals surface area contributed by atoms with Crippen molar-refractivity contribution in [3.05, 3.63) is 107 Å². The average Bonchev–Trinajstić information content (AvgIpc) is 2.99. The maximum Gasteiger partial charge on any atom is 0.162 e. The van der Waals surface area contributed by atoms with Crippen LogP contribution in [0.4, 0.5) is 5.69 Å². The number of hydrogen-bond acceptors (Lipinski definition) is 5. The first-order valence-corrected chi connectivity index (χ1v) is 15.1. The van der Waals surface area contributed by atoms with Crippen molar-refractivity contribution < 1.29 is 9.47 Å². The van der Waals surface area contributed by atoms with E-state index in [1.54, 1.807) is 19.1 Å². The molecular formula is C34H45ClN2O2S. The summed E-state index contributed by atoms with van der Waals surface area (Å²) in [4.78, 5) is 3.49. The Kier molecular flexibility index (Phi) is 15.4. The fourth-order valence-electron chi connectivity index (χ4n) is 3.95. The quantitative estimate of drug-likeness (QED) is 0.195. The van der Waals surface area contributed by atoms with Crippen LogP contribution in [0.5, 0.6) is 11.5 Å². The lowest BCUT2D eigenvalue weighted by Crippen LogP contribution is -2.43. The van der Waals surface area contributed by atoms with Crippen LogP contribution in [0, 0.1) is 0 Å². The van der Waals surface area contributed by atoms with Crippen LogP contribution in [-0.4, -0.2) is 37.6 Å². The molecule has 0 spiro atoms. The standard InChI is InChI=1S/C25H27ClN2O2S.C7H12.C2H6/c1-19(20-8-4-3-5-9-20)30-24-13-12-21(18-25(24)29-2)31-28-16-14-27(15-17-28)23-11-7-6-10-22(23)26;1-4-5-6-7(2)3;1-2/h3-13,18-19H,14-17H2,1-2H3;4-6H,1-3H3;1-2H3/b;5-4-;. The SMILES string of the molecule is C/C=C\C=C(C)C.CC.COc1cc(SN2CCN(c3ccccc3Cl)CC2)ccc1OC(C)c1ccccc1. The fraction of sp³-hybridized carbons (Fsp3) is 0.353. The Morgan fingerprint density at radius 2 is 1.55 bits per heavy atom. The summed E-state index contributed by atoms with van der Waals surface area (Å²) in [5.74, 6) is 1.51. The Labute approximate surface area is 251 Å². The highest BCUT2D eigenvalue weighted by molar-refractivity contribution is 7.97. The van der Waals surface area contributed by atoms with Crippen molar-refractivity contribution >= 4 is 29.2 Å². The molecule has 216 valence electrons. The van der Waals surface area contributed by atoms with Gasteiger partial charge in [0.2, 0.25) is 0 Å². The third-order valence-corrected chi connectivity index (χ3v) is 7.40. The third kappa shape index (κ3) is 11.0. The van der Waals surface area contributed by atoms with Crippen molar-refractivity contribution in [3.63, 3.8) is 0 Å². The van der Waals surface area contributed by atoms with Crippen LogP contribution in [0.15, 0.2) is 101 Å². The predicted molar refractivity (Wildman–Crippen MR) is 175 cm³/mol. The van der Waals surface area contributed by atoms with Gasteiger partial charge in [-0.25, -0.2) is 4.31 Å². The minimum Gasteiger partial charge on any atom is -0.493 e. The van der Waals surface area contributed by atoms with E-state index >= 15 is 0 Å². The fourth-order valence-corrected chi connectivity index (χ4v) is 5.14. The van der Waals surface area contributed by atoms with E-state index in [2.05, 4.69) is 66.4 Å². The summed E-state index contributed by atoms with van der Waals surface area (Å²) < 4.78 is 14.2. The Bertz CT molecular complexity index is 1190. The molecule has 1 fully saturated rings. The maximum absolute atomic E-state index is 6.36. The van der Waals surface area contributed by atoms with Crippen LogP contribution in [0.2, 0.25) is 5.02 Å². The summed E-state index contributed by atoms with van der Waals surface area (Å²) in [5, 5.41) is 0.814. The maximum atomic E-state index is 6.36. The van der Waals surface area contributed by atoms with Gasteiger partial charge in [0.15, 0.2) is 11.5 Å². The van der Waals surface area contributed by atoms with Gasteiger partial charge in [-0.2, -0.15) is 0 Å². The van der Waals surface area contributed by atoms with Crippen molar-refractivity contribution in [1.82, 2.24) is 4.31 Å². The molecule has 1 aliphatic heterocycles. The molecule has 6 heteroatoms. The van der Waals surface area contributed by atoms with Gasteiger partial charge < -0.3 is 14.4 Å². The number of nitrogens with zero attached hydrogens (tertiary/aromatic N) is 2. The molecule has 1 unspecified atom stereocenters. The Morgan fingerprint density at radius 1 is 0.900 bits per heavy atom. The molecule has 0 saturated carbocycles. The molecule has 1 saturated heterocycles. The molecule has 4 nitrogen and oxygen atoms in total. The lowest BCUT2D eigenvalue weighted by atomic mass is 10.1. The zero-order valence-electron chi connectivity index (χ0n) is 25.1. The average molecular weight is 581 g/mol. The second-order valence-electron chi connectivity index (χ2n) is 9.21. The molecular weight excluding hydrogens is 536 g/mol. The van der Waals surface area contributed by atoms with Crippen LogP contribution in [0.1, 0.15) is 53.2 Å². The first-order chi connectivity index (χ1) is 19.4. The van der Waals surface area contributed by atoms with E-state index in [0.717, 1.165) is 58.8 Å². The summed E-state index contributed by atoms with van der Waals surface area (Å²) in [7, 11) is 1.69. The molecule has 0 N–H and O–H groups in total. The largest absolute Gasteiger partial charge is 0.493 e. The lowest BCUT2D eigenvalue weighted by molar-refractivity contribution is 0.215. The summed E-state index contributed by atoms with van der Waals surface area (Å²) in [5.41, 5.74) is 3.60. The highest BCUT2D eigenvalue weighted by Crippen LogP contribution is 2.36. The summed E-state index contributed by atoms with van der Waals surface area (Å²) >= 11 is 8.12. The summed E-state index contributed by atoms with van der Waals surface area (Å²) in [6.45, 7) is 16.0. The van der Waals surface area contributed by atoms with Crippen molar-refractivity contribution in [3.8, 4) is 11.5 Å². The molecule has 40 heavy (non-hydrogen) atoms. The van der Waals surface area contributed by atoms with E-state index in [0.29, 0.717) is 0 Å². The van der Waals surface area contributed by atoms with Gasteiger partial charge in [0, 0.05) is 31.1 Å². The molecule has 0 aromatic heterocycles. The summed E-state index contributed by atoms with van der Waals surface area (Å²) in [6.07, 6.45) is 6.09. The third-order valence-electron chi connectivity index (χ3n) is 6.00. The lowest BCUT2D eigenvalue weighted by Gasteiger charge is -2.35. The molecule has 4 rings (SSSR count). The Hall–Kier alpha value is -2.86. The van der Waals surface area contributed by atoms with E-state index < -0.39 is 0 Å². The number of ether oxygens (including phenoxy) is 2. The smallest absolute Gasteiger partial charge is 0.162 e. The molecule has 1 heterocycles. The molecule has 1 atom stereocenters. The van der Waals surface area contributed by atoms with Gasteiger partial charge >= 0.3 is 0 Å². The first kappa shape index (κ1) is 33.3. The second kappa shape index (κ2) is 18.5. The Morgan fingerprint density at radius 3 is 2.12 bits per heavy atom. The van der Waals surface area contributed by atoms with Crippen LogP contribution in [0.3, 0.4) is 0 Å². The van der Waals surface area contributed by atoms with Gasteiger partial charge in [-0.15, -0.1) is 0 Å². The van der Waals surface area contributed by atoms with Gasteiger partial charge in [-0.3, -0.25) is 0 Å². The molecule has 0 amide bonds. The highest BCUT2D eigenvalue weighted by atomic mass is 35.5. The van der Waals surface area contributed by atoms with E-state index in [4.69, 9.17) is 21.1 Å². The minimum atomic E-state index is -0.0495. The summed E-state index contributed by atoms with van der Waals surface area (Å²) in [6, 6.07) is 24.4. The normalized spacial score (nSPS) is 13.8. The van der Waals surface area contributed by atoms with Gasteiger partial charge in [0.05, 0.1) is 17.8 Å². The van der Waals surface area contributed by atoms with Gasteiger partial charge in [0.1, 0.15) is 6.10 Å². The monoisotopic (exact) mass is 580 g/mol. The number of allylic oxidation sites excluding steroid dienone is 4. The number of anilines is 1. The van der Waals surface area contributed by atoms with Crippen LogP contribution >= 0.6 is 23.5 Å². The highest BCUT2D eigenvalue weighted by Gasteiger charge is 2.20. The number of hydrogen-bond donors (Lipinski definition) is 0. The van der Waals surface area contributed by atoms with E-state index in [-0.39, 0.29) is 6.10 Å². The van der Waals surface area contributed by atoms with Crippen molar-refractivity contribution in [2.75, 3.05) is 38.2 Å². The van der Waals surface area contributed by atoms with Crippen molar-refractivity contribution in [1.29, 1.82) is 0 Å². The van der Waals surface area contributed by atoms with E-state index in [1.807, 2.05) is 75.4 Å². The van der Waals surface area contributed by atoms with Gasteiger partial charge in [-0.1, -0.05) is 91.7 Å². The van der Waals surface area contributed by atoms with Crippen LogP contribution in [0.25, 0.3) is 0 Å². The van der Waals surface area contributed by atoms with Gasteiger partial charge in [-0.05, 0) is 75.5 Å². The number of para-hydroxylation sites is 1. The molecule has 1 aliphatic rings. The number of benzene rings is 3. The molecule has 0 bridgehead atoms. The van der Waals surface area contributed by atoms with E-state index in [9.17, 15) is 0 Å². The predicted octanol–water partition coefficient (Wildman–Crippen LogP) is 9.87. The molecule has 3 aromatic rings. The Balaban J connectivity index is 0.000000545. The van der Waals surface area contributed by atoms with Crippen molar-refractivity contribution in [2.24, 2.45) is 0 Å². The zero-order chi connectivity index (χ0) is 29.3. The zero-order valence-corrected chi connectivity index (χ0v) is 26.6. The minimum absolute atomic E-state index is 0.0495.